The van der Waals surface area contributed by atoms with Gasteiger partial charge < -0.3 is 10.4 Å². The summed E-state index contributed by atoms with van der Waals surface area (Å²) in [5.74, 6) is 0.514. The molecule has 1 aliphatic heterocycles. The Kier molecular flexibility index (Phi) is 0.929. The van der Waals surface area contributed by atoms with Crippen molar-refractivity contribution < 1.29 is 5.11 Å². The Morgan fingerprint density at radius 2 is 2.43 bits per heavy atom. The van der Waals surface area contributed by atoms with Crippen LogP contribution in [0.3, 0.4) is 0 Å². The fourth-order valence-electron chi connectivity index (χ4n) is 0.658. The van der Waals surface area contributed by atoms with E-state index in [0.717, 1.165) is 18.7 Å². The van der Waals surface area contributed by atoms with E-state index in [1.54, 1.807) is 0 Å². The molecule has 7 heavy (non-hydrogen) atoms. The molecule has 1 rings (SSSR count). The Morgan fingerprint density at radius 1 is 1.71 bits per heavy atom. The molecule has 0 radical (unpaired) electrons. The summed E-state index contributed by atoms with van der Waals surface area (Å²) in [6, 6.07) is 0. The first-order valence-corrected chi connectivity index (χ1v) is 2.43. The molecule has 0 aromatic heterocycles. The van der Waals surface area contributed by atoms with Crippen molar-refractivity contribution in [2.75, 3.05) is 6.54 Å². The second kappa shape index (κ2) is 1.45. The lowest BCUT2D eigenvalue weighted by Gasteiger charge is -1.89. The summed E-state index contributed by atoms with van der Waals surface area (Å²) < 4.78 is 0. The van der Waals surface area contributed by atoms with Gasteiger partial charge in [0.1, 0.15) is 5.76 Å². The molecule has 0 aliphatic carbocycles. The third kappa shape index (κ3) is 0.683. The zero-order valence-corrected chi connectivity index (χ0v) is 4.36. The summed E-state index contributed by atoms with van der Waals surface area (Å²) in [4.78, 5) is 0. The topological polar surface area (TPSA) is 32.3 Å². The van der Waals surface area contributed by atoms with Crippen molar-refractivity contribution in [1.29, 1.82) is 0 Å². The minimum Gasteiger partial charge on any atom is -0.510 e. The molecule has 0 unspecified atom stereocenters. The van der Waals surface area contributed by atoms with Crippen LogP contribution in [-0.2, 0) is 0 Å². The molecule has 0 saturated carbocycles. The van der Waals surface area contributed by atoms with Crippen molar-refractivity contribution >= 4 is 0 Å². The molecule has 0 spiro atoms. The number of hydrogen-bond donors (Lipinski definition) is 2. The predicted octanol–water partition coefficient (Wildman–Crippen LogP) is 0.769. The van der Waals surface area contributed by atoms with Gasteiger partial charge in [-0.2, -0.15) is 0 Å². The van der Waals surface area contributed by atoms with Gasteiger partial charge in [-0.25, -0.2) is 0 Å². The van der Waals surface area contributed by atoms with Gasteiger partial charge >= 0.3 is 0 Å². The van der Waals surface area contributed by atoms with Crippen LogP contribution < -0.4 is 5.32 Å². The van der Waals surface area contributed by atoms with E-state index in [-0.39, 0.29) is 0 Å². The Morgan fingerprint density at radius 3 is 2.57 bits per heavy atom. The molecule has 2 N–H and O–H groups in total. The number of nitrogens with one attached hydrogen (secondary N) is 1. The normalized spacial score (nSPS) is 20.1. The first-order valence-electron chi connectivity index (χ1n) is 2.43. The van der Waals surface area contributed by atoms with Crippen molar-refractivity contribution in [2.24, 2.45) is 0 Å². The first-order chi connectivity index (χ1) is 3.30. The van der Waals surface area contributed by atoms with E-state index in [2.05, 4.69) is 5.32 Å². The molecule has 0 atom stereocenters. The molecule has 40 valence electrons. The smallest absolute Gasteiger partial charge is 0.113 e. The molecule has 0 fully saturated rings. The summed E-state index contributed by atoms with van der Waals surface area (Å²) in [6.45, 7) is 2.78. The fraction of sp³-hybridized carbons (Fsp3) is 0.600. The monoisotopic (exact) mass is 99.1 g/mol. The van der Waals surface area contributed by atoms with Crippen LogP contribution in [0.5, 0.6) is 0 Å². The van der Waals surface area contributed by atoms with Gasteiger partial charge in [0.05, 0.1) is 0 Å². The maximum atomic E-state index is 8.81. The zero-order chi connectivity index (χ0) is 5.28. The highest BCUT2D eigenvalue weighted by Crippen LogP contribution is 2.07. The average Bonchev–Trinajstić information content (AvgIpc) is 1.91. The third-order valence-electron chi connectivity index (χ3n) is 1.18. The van der Waals surface area contributed by atoms with Crippen molar-refractivity contribution in [1.82, 2.24) is 5.32 Å². The van der Waals surface area contributed by atoms with Gasteiger partial charge in [-0.1, -0.05) is 0 Å². The molecule has 2 nitrogen and oxygen atoms in total. The van der Waals surface area contributed by atoms with Crippen LogP contribution in [0.25, 0.3) is 0 Å². The van der Waals surface area contributed by atoms with Gasteiger partial charge in [-0.3, -0.25) is 0 Å². The highest BCUT2D eigenvalue weighted by molar-refractivity contribution is 5.07. The van der Waals surface area contributed by atoms with Gasteiger partial charge in [0, 0.05) is 18.7 Å². The predicted molar refractivity (Wildman–Crippen MR) is 27.9 cm³/mol. The summed E-state index contributed by atoms with van der Waals surface area (Å²) in [5, 5.41) is 11.8. The minimum atomic E-state index is 0.514. The summed E-state index contributed by atoms with van der Waals surface area (Å²) in [6.07, 6.45) is 0.797. The van der Waals surface area contributed by atoms with Gasteiger partial charge in [0.15, 0.2) is 0 Å². The Balaban J connectivity index is 2.64. The Labute approximate surface area is 42.8 Å². The molecule has 0 bridgehead atoms. The van der Waals surface area contributed by atoms with Crippen LogP contribution in [-0.4, -0.2) is 11.7 Å². The maximum absolute atomic E-state index is 8.81. The van der Waals surface area contributed by atoms with Gasteiger partial charge in [0.2, 0.25) is 0 Å². The van der Waals surface area contributed by atoms with Crippen molar-refractivity contribution in [3.63, 3.8) is 0 Å². The van der Waals surface area contributed by atoms with E-state index in [9.17, 15) is 0 Å². The highest BCUT2D eigenvalue weighted by atomic mass is 16.3. The number of aliphatic hydroxyl groups is 1. The van der Waals surface area contributed by atoms with E-state index in [0.29, 0.717) is 5.76 Å². The fourth-order valence-corrected chi connectivity index (χ4v) is 0.658. The van der Waals surface area contributed by atoms with Gasteiger partial charge in [-0.05, 0) is 6.92 Å². The SMILES string of the molecule is CC1=C(O)CCN1. The lowest BCUT2D eigenvalue weighted by Crippen LogP contribution is -2.03. The number of allylic oxidation sites excluding steroid dienone is 1. The van der Waals surface area contributed by atoms with Crippen LogP contribution in [0, 0.1) is 0 Å². The molecular formula is C5H9NO. The van der Waals surface area contributed by atoms with Crippen LogP contribution in [0.1, 0.15) is 13.3 Å². The number of aliphatic hydroxyl groups excluding tert-OH is 1. The van der Waals surface area contributed by atoms with Gasteiger partial charge in [0.25, 0.3) is 0 Å². The number of rotatable bonds is 0. The molecule has 0 aromatic carbocycles. The quantitative estimate of drug-likeness (QED) is 0.470. The van der Waals surface area contributed by atoms with E-state index < -0.39 is 0 Å². The molecular weight excluding hydrogens is 90.1 g/mol. The maximum Gasteiger partial charge on any atom is 0.113 e. The summed E-state index contributed by atoms with van der Waals surface area (Å²) in [7, 11) is 0. The van der Waals surface area contributed by atoms with Crippen LogP contribution >= 0.6 is 0 Å². The molecule has 0 amide bonds. The minimum absolute atomic E-state index is 0.514. The lowest BCUT2D eigenvalue weighted by atomic mass is 10.4. The second-order valence-electron chi connectivity index (χ2n) is 1.75. The Hall–Kier alpha value is -0.660. The third-order valence-corrected chi connectivity index (χ3v) is 1.18. The van der Waals surface area contributed by atoms with E-state index in [1.807, 2.05) is 6.92 Å². The second-order valence-corrected chi connectivity index (χ2v) is 1.75. The van der Waals surface area contributed by atoms with Crippen LogP contribution in [0.4, 0.5) is 0 Å². The Bertz CT molecular complexity index is 94.6. The van der Waals surface area contributed by atoms with Crippen LogP contribution in [0.15, 0.2) is 11.5 Å². The van der Waals surface area contributed by atoms with Gasteiger partial charge in [-0.15, -0.1) is 0 Å². The largest absolute Gasteiger partial charge is 0.510 e. The summed E-state index contributed by atoms with van der Waals surface area (Å²) in [5.41, 5.74) is 0.931. The van der Waals surface area contributed by atoms with E-state index >= 15 is 0 Å². The molecule has 0 aromatic rings. The lowest BCUT2D eigenvalue weighted by molar-refractivity contribution is 0.396. The number of hydrogen-bond acceptors (Lipinski definition) is 2. The average molecular weight is 99.1 g/mol. The van der Waals surface area contributed by atoms with Crippen LogP contribution in [0.2, 0.25) is 0 Å². The molecule has 1 aliphatic rings. The molecule has 1 heterocycles. The van der Waals surface area contributed by atoms with E-state index in [1.165, 1.54) is 0 Å². The standard InChI is InChI=1S/C5H9NO/c1-4-5(7)2-3-6-4/h6-7H,2-3H2,1H3. The van der Waals surface area contributed by atoms with E-state index in [4.69, 9.17) is 5.11 Å². The van der Waals surface area contributed by atoms with Crippen molar-refractivity contribution in [3.05, 3.63) is 11.5 Å². The zero-order valence-electron chi connectivity index (χ0n) is 4.36. The van der Waals surface area contributed by atoms with Crippen molar-refractivity contribution in [2.45, 2.75) is 13.3 Å². The molecule has 0 saturated heterocycles. The van der Waals surface area contributed by atoms with Crippen molar-refractivity contribution in [3.8, 4) is 0 Å². The summed E-state index contributed by atoms with van der Waals surface area (Å²) >= 11 is 0. The first kappa shape index (κ1) is 4.50. The molecule has 2 heteroatoms. The highest BCUT2D eigenvalue weighted by Gasteiger charge is 2.05.